The third-order valence-corrected chi connectivity index (χ3v) is 5.56. The average Bonchev–Trinajstić information content (AvgIpc) is 2.77. The molecule has 3 fully saturated rings. The number of carbonyl (C=O) groups excluding carboxylic acids is 1. The van der Waals surface area contributed by atoms with Gasteiger partial charge in [0.1, 0.15) is 5.78 Å². The van der Waals surface area contributed by atoms with Gasteiger partial charge in [0.2, 0.25) is 0 Å². The molecule has 0 heterocycles. The Morgan fingerprint density at radius 1 is 1.06 bits per heavy atom. The van der Waals surface area contributed by atoms with Crippen LogP contribution in [0.2, 0.25) is 0 Å². The molecule has 0 aliphatic heterocycles. The summed E-state index contributed by atoms with van der Waals surface area (Å²) < 4.78 is 0. The van der Waals surface area contributed by atoms with E-state index in [2.05, 4.69) is 13.8 Å². The third-order valence-electron chi connectivity index (χ3n) is 5.56. The molecule has 0 radical (unpaired) electrons. The highest BCUT2D eigenvalue weighted by molar-refractivity contribution is 5.82. The van der Waals surface area contributed by atoms with Gasteiger partial charge in [-0.05, 0) is 55.3 Å². The lowest BCUT2D eigenvalue weighted by atomic mass is 9.65. The highest BCUT2D eigenvalue weighted by Crippen LogP contribution is 2.54. The Labute approximate surface area is 99.0 Å². The molecule has 0 spiro atoms. The van der Waals surface area contributed by atoms with Crippen molar-refractivity contribution in [3.05, 3.63) is 0 Å². The standard InChI is InChI=1S/C15H24O/c1-9-5-10(2)15(14(16)6-9)13-8-11-3-4-12(13)7-11/h9-13,15H,3-8H2,1-2H3/t9-,10+,11+,12+,13-,15-/m1/s1. The van der Waals surface area contributed by atoms with Crippen LogP contribution in [0.4, 0.5) is 0 Å². The molecule has 0 aromatic rings. The Morgan fingerprint density at radius 3 is 2.44 bits per heavy atom. The van der Waals surface area contributed by atoms with Crippen LogP contribution in [0, 0.1) is 35.5 Å². The van der Waals surface area contributed by atoms with Crippen LogP contribution < -0.4 is 0 Å². The minimum Gasteiger partial charge on any atom is -0.299 e. The zero-order valence-corrected chi connectivity index (χ0v) is 10.6. The third kappa shape index (κ3) is 1.63. The Kier molecular flexibility index (Phi) is 2.60. The molecule has 16 heavy (non-hydrogen) atoms. The van der Waals surface area contributed by atoms with Crippen LogP contribution in [0.1, 0.15) is 52.4 Å². The molecule has 0 N–H and O–H groups in total. The molecule has 3 rings (SSSR count). The molecule has 3 saturated carbocycles. The van der Waals surface area contributed by atoms with Gasteiger partial charge in [-0.3, -0.25) is 4.79 Å². The van der Waals surface area contributed by atoms with Crippen molar-refractivity contribution in [3.8, 4) is 0 Å². The minimum absolute atomic E-state index is 0.437. The van der Waals surface area contributed by atoms with E-state index in [4.69, 9.17) is 0 Å². The monoisotopic (exact) mass is 220 g/mol. The number of carbonyl (C=O) groups is 1. The molecule has 3 aliphatic rings. The summed E-state index contributed by atoms with van der Waals surface area (Å²) in [5.41, 5.74) is 0. The lowest BCUT2D eigenvalue weighted by Crippen LogP contribution is -2.38. The first-order valence-corrected chi connectivity index (χ1v) is 7.18. The molecule has 0 saturated heterocycles. The number of hydrogen-bond donors (Lipinski definition) is 0. The van der Waals surface area contributed by atoms with E-state index >= 15 is 0 Å². The summed E-state index contributed by atoms with van der Waals surface area (Å²) in [5, 5.41) is 0. The van der Waals surface area contributed by atoms with Crippen LogP contribution >= 0.6 is 0 Å². The first-order chi connectivity index (χ1) is 7.65. The van der Waals surface area contributed by atoms with Crippen molar-refractivity contribution in [2.75, 3.05) is 0 Å². The summed E-state index contributed by atoms with van der Waals surface area (Å²) in [6.45, 7) is 4.57. The van der Waals surface area contributed by atoms with Crippen LogP contribution in [0.3, 0.4) is 0 Å². The number of hydrogen-bond acceptors (Lipinski definition) is 1. The quantitative estimate of drug-likeness (QED) is 0.659. The fourth-order valence-corrected chi connectivity index (χ4v) is 5.06. The Hall–Kier alpha value is -0.330. The van der Waals surface area contributed by atoms with Crippen molar-refractivity contribution in [2.24, 2.45) is 35.5 Å². The van der Waals surface area contributed by atoms with Crippen molar-refractivity contribution in [2.45, 2.75) is 52.4 Å². The van der Waals surface area contributed by atoms with Gasteiger partial charge in [0.25, 0.3) is 0 Å². The normalized spacial score (nSPS) is 52.2. The molecule has 0 aromatic heterocycles. The molecule has 2 bridgehead atoms. The van der Waals surface area contributed by atoms with E-state index in [1.807, 2.05) is 0 Å². The van der Waals surface area contributed by atoms with Gasteiger partial charge in [-0.2, -0.15) is 0 Å². The van der Waals surface area contributed by atoms with Gasteiger partial charge in [-0.15, -0.1) is 0 Å². The van der Waals surface area contributed by atoms with Gasteiger partial charge < -0.3 is 0 Å². The van der Waals surface area contributed by atoms with Gasteiger partial charge in [0.05, 0.1) is 0 Å². The Balaban J connectivity index is 1.76. The SMILES string of the molecule is C[C@H]1CC(=O)[C@@H]([C@@H]2C[C@H]3CC[C@H]2C3)[C@@H](C)C1. The first kappa shape index (κ1) is 10.8. The van der Waals surface area contributed by atoms with Crippen molar-refractivity contribution in [3.63, 3.8) is 0 Å². The maximum absolute atomic E-state index is 12.3. The summed E-state index contributed by atoms with van der Waals surface area (Å²) in [5.74, 6) is 4.99. The van der Waals surface area contributed by atoms with Crippen LogP contribution in [0.5, 0.6) is 0 Å². The maximum Gasteiger partial charge on any atom is 0.136 e. The zero-order valence-electron chi connectivity index (χ0n) is 10.6. The molecule has 3 aliphatic carbocycles. The van der Waals surface area contributed by atoms with Crippen LogP contribution in [-0.2, 0) is 4.79 Å². The lowest BCUT2D eigenvalue weighted by Gasteiger charge is -2.38. The van der Waals surface area contributed by atoms with E-state index in [1.165, 1.54) is 32.1 Å². The molecule has 1 heteroatoms. The predicted octanol–water partition coefficient (Wildman–Crippen LogP) is 3.67. The predicted molar refractivity (Wildman–Crippen MR) is 65.0 cm³/mol. The zero-order chi connectivity index (χ0) is 11.3. The van der Waals surface area contributed by atoms with Gasteiger partial charge >= 0.3 is 0 Å². The molecule has 1 nitrogen and oxygen atoms in total. The fourth-order valence-electron chi connectivity index (χ4n) is 5.06. The Bertz CT molecular complexity index is 296. The highest BCUT2D eigenvalue weighted by atomic mass is 16.1. The number of ketones is 1. The second kappa shape index (κ2) is 3.85. The molecule has 0 unspecified atom stereocenters. The summed E-state index contributed by atoms with van der Waals surface area (Å²) in [6, 6.07) is 0. The highest BCUT2D eigenvalue weighted by Gasteiger charge is 2.47. The second-order valence-corrected chi connectivity index (χ2v) is 6.85. The maximum atomic E-state index is 12.3. The first-order valence-electron chi connectivity index (χ1n) is 7.18. The number of Topliss-reactive ketones (excluding diaryl/α,β-unsaturated/α-hetero) is 1. The van der Waals surface area contributed by atoms with Gasteiger partial charge in [-0.25, -0.2) is 0 Å². The van der Waals surface area contributed by atoms with Crippen molar-refractivity contribution < 1.29 is 4.79 Å². The largest absolute Gasteiger partial charge is 0.299 e. The number of fused-ring (bicyclic) bond motifs is 2. The minimum atomic E-state index is 0.437. The van der Waals surface area contributed by atoms with E-state index in [0.29, 0.717) is 23.5 Å². The van der Waals surface area contributed by atoms with Gasteiger partial charge in [-0.1, -0.05) is 20.3 Å². The van der Waals surface area contributed by atoms with Gasteiger partial charge in [0.15, 0.2) is 0 Å². The number of rotatable bonds is 1. The lowest BCUT2D eigenvalue weighted by molar-refractivity contribution is -0.131. The molecular weight excluding hydrogens is 196 g/mol. The van der Waals surface area contributed by atoms with Crippen molar-refractivity contribution in [1.29, 1.82) is 0 Å². The molecule has 0 amide bonds. The van der Waals surface area contributed by atoms with E-state index in [9.17, 15) is 4.79 Å². The molecular formula is C15H24O. The van der Waals surface area contributed by atoms with Crippen LogP contribution in [-0.4, -0.2) is 5.78 Å². The van der Waals surface area contributed by atoms with Crippen molar-refractivity contribution >= 4 is 5.78 Å². The van der Waals surface area contributed by atoms with E-state index < -0.39 is 0 Å². The van der Waals surface area contributed by atoms with E-state index in [-0.39, 0.29) is 0 Å². The topological polar surface area (TPSA) is 17.1 Å². The summed E-state index contributed by atoms with van der Waals surface area (Å²) in [6.07, 6.45) is 7.83. The summed E-state index contributed by atoms with van der Waals surface area (Å²) in [7, 11) is 0. The fraction of sp³-hybridized carbons (Fsp3) is 0.933. The van der Waals surface area contributed by atoms with E-state index in [1.54, 1.807) is 0 Å². The summed E-state index contributed by atoms with van der Waals surface area (Å²) >= 11 is 0. The second-order valence-electron chi connectivity index (χ2n) is 6.85. The smallest absolute Gasteiger partial charge is 0.136 e. The molecule has 0 aromatic carbocycles. The van der Waals surface area contributed by atoms with E-state index in [0.717, 1.165) is 24.2 Å². The van der Waals surface area contributed by atoms with Crippen LogP contribution in [0.15, 0.2) is 0 Å². The molecule has 90 valence electrons. The van der Waals surface area contributed by atoms with Crippen LogP contribution in [0.25, 0.3) is 0 Å². The summed E-state index contributed by atoms with van der Waals surface area (Å²) in [4.78, 5) is 12.3. The van der Waals surface area contributed by atoms with Crippen molar-refractivity contribution in [1.82, 2.24) is 0 Å². The Morgan fingerprint density at radius 2 is 1.88 bits per heavy atom. The van der Waals surface area contributed by atoms with Gasteiger partial charge in [0, 0.05) is 12.3 Å². The molecule has 6 atom stereocenters. The average molecular weight is 220 g/mol.